The quantitative estimate of drug-likeness (QED) is 0.659. The van der Waals surface area contributed by atoms with Crippen molar-refractivity contribution in [3.8, 4) is 11.5 Å². The maximum Gasteiger partial charge on any atom is 0.362 e. The summed E-state index contributed by atoms with van der Waals surface area (Å²) in [6.45, 7) is 10.3. The smallest absolute Gasteiger partial charge is 0.362 e. The third-order valence-corrected chi connectivity index (χ3v) is 5.25. The Morgan fingerprint density at radius 1 is 1.00 bits per heavy atom. The Morgan fingerprint density at radius 2 is 1.67 bits per heavy atom. The van der Waals surface area contributed by atoms with Gasteiger partial charge in [0.05, 0.1) is 7.11 Å². The number of methoxy groups -OCH3 is 1. The molecular formula is C21H29O5P. The first-order chi connectivity index (χ1) is 12.5. The molecule has 2 aromatic rings. The molecule has 0 saturated carbocycles. The average Bonchev–Trinajstić information content (AvgIpc) is 2.56. The number of aryl methyl sites for hydroxylation is 2. The van der Waals surface area contributed by atoms with Crippen LogP contribution in [0.5, 0.6) is 11.5 Å². The van der Waals surface area contributed by atoms with E-state index in [9.17, 15) is 4.57 Å². The molecule has 2 N–H and O–H groups in total. The first-order valence-electron chi connectivity index (χ1n) is 8.97. The number of ether oxygens (including phenoxy) is 2. The lowest BCUT2D eigenvalue weighted by Gasteiger charge is -2.19. The van der Waals surface area contributed by atoms with E-state index in [0.717, 1.165) is 23.3 Å². The number of rotatable bonds is 7. The van der Waals surface area contributed by atoms with Gasteiger partial charge in [-0.1, -0.05) is 26.0 Å². The minimum Gasteiger partial charge on any atom is -0.496 e. The fraction of sp³-hybridized carbons (Fsp3) is 0.429. The van der Waals surface area contributed by atoms with Gasteiger partial charge in [0, 0.05) is 0 Å². The Morgan fingerprint density at radius 3 is 2.22 bits per heavy atom. The molecule has 0 bridgehead atoms. The van der Waals surface area contributed by atoms with Gasteiger partial charge in [-0.05, 0) is 78.6 Å². The van der Waals surface area contributed by atoms with Crippen LogP contribution >= 0.6 is 7.60 Å². The molecule has 0 radical (unpaired) electrons. The summed E-state index contributed by atoms with van der Waals surface area (Å²) in [5.41, 5.74) is 6.76. The van der Waals surface area contributed by atoms with Gasteiger partial charge in [0.15, 0.2) is 6.35 Å². The van der Waals surface area contributed by atoms with Crippen molar-refractivity contribution >= 4 is 7.60 Å². The van der Waals surface area contributed by atoms with E-state index in [1.54, 1.807) is 7.11 Å². The maximum absolute atomic E-state index is 11.0. The molecule has 0 amide bonds. The Kier molecular flexibility index (Phi) is 6.74. The summed E-state index contributed by atoms with van der Waals surface area (Å²) in [5, 5.41) is 0. The van der Waals surface area contributed by atoms with E-state index >= 15 is 0 Å². The van der Waals surface area contributed by atoms with Crippen molar-refractivity contribution in [3.05, 3.63) is 57.6 Å². The van der Waals surface area contributed by atoms with Gasteiger partial charge in [0.1, 0.15) is 11.5 Å². The van der Waals surface area contributed by atoms with Crippen molar-refractivity contribution < 1.29 is 23.8 Å². The second kappa shape index (κ2) is 8.47. The third kappa shape index (κ3) is 5.35. The Bertz CT molecular complexity index is 867. The maximum atomic E-state index is 11.0. The summed E-state index contributed by atoms with van der Waals surface area (Å²) in [7, 11) is -2.50. The molecule has 2 rings (SSSR count). The Balaban J connectivity index is 2.34. The van der Waals surface area contributed by atoms with Crippen LogP contribution < -0.4 is 9.47 Å². The molecule has 0 unspecified atom stereocenters. The summed E-state index contributed by atoms with van der Waals surface area (Å²) in [6.07, 6.45) is 0.170. The topological polar surface area (TPSA) is 76.0 Å². The fourth-order valence-corrected chi connectivity index (χ4v) is 3.70. The molecule has 0 atom stereocenters. The van der Waals surface area contributed by atoms with Gasteiger partial charge in [-0.2, -0.15) is 0 Å². The summed E-state index contributed by atoms with van der Waals surface area (Å²) in [6, 6.07) is 8.01. The highest BCUT2D eigenvalue weighted by Crippen LogP contribution is 2.36. The Hall–Kier alpha value is -1.81. The van der Waals surface area contributed by atoms with Crippen molar-refractivity contribution in [2.75, 3.05) is 13.5 Å². The zero-order valence-electron chi connectivity index (χ0n) is 16.9. The van der Waals surface area contributed by atoms with Gasteiger partial charge < -0.3 is 19.3 Å². The fourth-order valence-electron chi connectivity index (χ4n) is 3.39. The van der Waals surface area contributed by atoms with E-state index in [2.05, 4.69) is 26.8 Å². The van der Waals surface area contributed by atoms with Crippen LogP contribution in [0.1, 0.15) is 53.1 Å². The Labute approximate surface area is 161 Å². The summed E-state index contributed by atoms with van der Waals surface area (Å²) < 4.78 is 21.9. The van der Waals surface area contributed by atoms with Gasteiger partial charge in [-0.15, -0.1) is 0 Å². The summed E-state index contributed by atoms with van der Waals surface area (Å²) in [5.74, 6) is 1.79. The molecule has 0 spiro atoms. The lowest BCUT2D eigenvalue weighted by molar-refractivity contribution is 0.299. The minimum atomic E-state index is -4.20. The standard InChI is InChI=1S/C21H29O5P/c1-13(2)21-16(5)17(7-8-19(21)25-6)11-18-9-15(4)20(10-14(18)3)26-12-27(22,23)24/h7-10,13H,11-12H2,1-6H3,(H2,22,23,24). The van der Waals surface area contributed by atoms with E-state index in [1.807, 2.05) is 32.0 Å². The highest BCUT2D eigenvalue weighted by molar-refractivity contribution is 7.51. The van der Waals surface area contributed by atoms with Gasteiger partial charge in [0.25, 0.3) is 0 Å². The molecule has 148 valence electrons. The van der Waals surface area contributed by atoms with E-state index in [1.165, 1.54) is 22.3 Å². The number of benzene rings is 2. The lowest BCUT2D eigenvalue weighted by Crippen LogP contribution is -2.04. The van der Waals surface area contributed by atoms with Crippen LogP contribution in [0.2, 0.25) is 0 Å². The highest BCUT2D eigenvalue weighted by Gasteiger charge is 2.17. The predicted octanol–water partition coefficient (Wildman–Crippen LogP) is 4.85. The molecule has 5 nitrogen and oxygen atoms in total. The molecule has 0 aromatic heterocycles. The van der Waals surface area contributed by atoms with Crippen molar-refractivity contribution in [2.45, 2.75) is 47.0 Å². The highest BCUT2D eigenvalue weighted by atomic mass is 31.2. The summed E-state index contributed by atoms with van der Waals surface area (Å²) in [4.78, 5) is 18.0. The summed E-state index contributed by atoms with van der Waals surface area (Å²) >= 11 is 0. The van der Waals surface area contributed by atoms with Crippen LogP contribution in [0, 0.1) is 20.8 Å². The zero-order valence-corrected chi connectivity index (χ0v) is 17.8. The van der Waals surface area contributed by atoms with Crippen LogP contribution in [-0.2, 0) is 11.0 Å². The molecule has 0 aliphatic rings. The molecule has 0 saturated heterocycles. The van der Waals surface area contributed by atoms with E-state index in [4.69, 9.17) is 19.3 Å². The second-order valence-electron chi connectivity index (χ2n) is 7.28. The van der Waals surface area contributed by atoms with Gasteiger partial charge in [-0.25, -0.2) is 0 Å². The monoisotopic (exact) mass is 392 g/mol. The minimum absolute atomic E-state index is 0.367. The number of hydrogen-bond acceptors (Lipinski definition) is 3. The average molecular weight is 392 g/mol. The van der Waals surface area contributed by atoms with Crippen molar-refractivity contribution in [1.82, 2.24) is 0 Å². The number of hydrogen-bond donors (Lipinski definition) is 2. The molecule has 27 heavy (non-hydrogen) atoms. The molecule has 6 heteroatoms. The van der Waals surface area contributed by atoms with E-state index in [0.29, 0.717) is 11.7 Å². The molecule has 2 aromatic carbocycles. The van der Waals surface area contributed by atoms with Gasteiger partial charge >= 0.3 is 7.60 Å². The van der Waals surface area contributed by atoms with E-state index in [-0.39, 0.29) is 0 Å². The van der Waals surface area contributed by atoms with Crippen LogP contribution in [-0.4, -0.2) is 23.2 Å². The SMILES string of the molecule is COc1ccc(Cc2cc(C)c(OCP(=O)(O)O)cc2C)c(C)c1C(C)C. The van der Waals surface area contributed by atoms with Crippen molar-refractivity contribution in [1.29, 1.82) is 0 Å². The third-order valence-electron chi connectivity index (χ3n) is 4.79. The van der Waals surface area contributed by atoms with Gasteiger partial charge in [0.2, 0.25) is 0 Å². The van der Waals surface area contributed by atoms with Crippen molar-refractivity contribution in [2.24, 2.45) is 0 Å². The van der Waals surface area contributed by atoms with Crippen molar-refractivity contribution in [3.63, 3.8) is 0 Å². The van der Waals surface area contributed by atoms with E-state index < -0.39 is 13.9 Å². The van der Waals surface area contributed by atoms with Gasteiger partial charge in [-0.3, -0.25) is 4.57 Å². The lowest BCUT2D eigenvalue weighted by atomic mass is 9.89. The first-order valence-corrected chi connectivity index (χ1v) is 10.8. The zero-order chi connectivity index (χ0) is 20.4. The normalized spacial score (nSPS) is 11.7. The van der Waals surface area contributed by atoms with Crippen LogP contribution in [0.25, 0.3) is 0 Å². The second-order valence-corrected chi connectivity index (χ2v) is 8.87. The molecule has 0 aliphatic heterocycles. The molecule has 0 aliphatic carbocycles. The first kappa shape index (κ1) is 21.5. The molecular weight excluding hydrogens is 363 g/mol. The van der Waals surface area contributed by atoms with Crippen LogP contribution in [0.3, 0.4) is 0 Å². The van der Waals surface area contributed by atoms with Crippen LogP contribution in [0.4, 0.5) is 0 Å². The largest absolute Gasteiger partial charge is 0.496 e. The molecule has 0 fully saturated rings. The predicted molar refractivity (Wildman–Crippen MR) is 108 cm³/mol. The van der Waals surface area contributed by atoms with Crippen LogP contribution in [0.15, 0.2) is 24.3 Å². The molecule has 0 heterocycles.